The second kappa shape index (κ2) is 9.14. The Morgan fingerprint density at radius 3 is 2.56 bits per heavy atom. The summed E-state index contributed by atoms with van der Waals surface area (Å²) in [6.07, 6.45) is 4.38. The van der Waals surface area contributed by atoms with Crippen LogP contribution in [0.15, 0.2) is 29.2 Å². The van der Waals surface area contributed by atoms with Crippen molar-refractivity contribution in [2.24, 2.45) is 11.7 Å². The maximum Gasteiger partial charge on any atom is 0.243 e. The van der Waals surface area contributed by atoms with E-state index < -0.39 is 16.1 Å². The first-order chi connectivity index (χ1) is 13.0. The lowest BCUT2D eigenvalue weighted by Crippen LogP contribution is -2.47. The Morgan fingerprint density at radius 2 is 1.85 bits per heavy atom. The second-order valence-corrected chi connectivity index (χ2v) is 9.17. The zero-order valence-corrected chi connectivity index (χ0v) is 16.4. The molecule has 2 saturated heterocycles. The van der Waals surface area contributed by atoms with Crippen LogP contribution >= 0.6 is 0 Å². The van der Waals surface area contributed by atoms with Crippen LogP contribution in [0.2, 0.25) is 0 Å². The van der Waals surface area contributed by atoms with Gasteiger partial charge in [-0.2, -0.15) is 4.31 Å². The van der Waals surface area contributed by atoms with Crippen molar-refractivity contribution in [1.29, 1.82) is 0 Å². The average molecular weight is 396 g/mol. The number of sulfonamides is 1. The predicted molar refractivity (Wildman–Crippen MR) is 102 cm³/mol. The lowest BCUT2D eigenvalue weighted by Gasteiger charge is -2.28. The molecule has 1 amide bonds. The number of piperidine rings is 1. The summed E-state index contributed by atoms with van der Waals surface area (Å²) in [5.41, 5.74) is 6.70. The van der Waals surface area contributed by atoms with E-state index in [0.717, 1.165) is 32.1 Å². The molecule has 3 rings (SSSR count). The third kappa shape index (κ3) is 4.87. The van der Waals surface area contributed by atoms with Gasteiger partial charge in [0, 0.05) is 32.8 Å². The van der Waals surface area contributed by atoms with Gasteiger partial charge in [0.15, 0.2) is 0 Å². The Balaban J connectivity index is 1.68. The van der Waals surface area contributed by atoms with Crippen LogP contribution in [0.25, 0.3) is 0 Å². The van der Waals surface area contributed by atoms with Crippen LogP contribution in [0.3, 0.4) is 0 Å². The summed E-state index contributed by atoms with van der Waals surface area (Å²) in [5.74, 6) is -0.141. The van der Waals surface area contributed by atoms with Crippen LogP contribution in [0.1, 0.15) is 37.7 Å². The summed E-state index contributed by atoms with van der Waals surface area (Å²) < 4.78 is 32.9. The summed E-state index contributed by atoms with van der Waals surface area (Å²) in [6, 6.07) is 6.27. The molecule has 1 aromatic carbocycles. The molecule has 150 valence electrons. The first-order valence-corrected chi connectivity index (χ1v) is 11.1. The summed E-state index contributed by atoms with van der Waals surface area (Å²) >= 11 is 0. The molecular formula is C19H29N3O4S. The molecule has 2 aliphatic heterocycles. The molecular weight excluding hydrogens is 366 g/mol. The smallest absolute Gasteiger partial charge is 0.243 e. The van der Waals surface area contributed by atoms with Crippen LogP contribution in [-0.2, 0) is 26.1 Å². The second-order valence-electron chi connectivity index (χ2n) is 7.27. The van der Waals surface area contributed by atoms with Gasteiger partial charge in [-0.25, -0.2) is 8.42 Å². The summed E-state index contributed by atoms with van der Waals surface area (Å²) in [6.45, 7) is 2.51. The number of benzene rings is 1. The lowest BCUT2D eigenvalue weighted by molar-refractivity contribution is -0.124. The largest absolute Gasteiger partial charge is 0.381 e. The molecule has 3 N–H and O–H groups in total. The standard InChI is InChI=1S/C19H29N3O4S/c20-18(15-8-12-26-13-9-15)19(23)21-14-16-6-2-3-7-17(16)27(24,25)22-10-4-1-5-11-22/h2-3,6-7,15,18H,1,4-5,8-14,20H2,(H,21,23). The highest BCUT2D eigenvalue weighted by molar-refractivity contribution is 7.89. The number of hydrogen-bond acceptors (Lipinski definition) is 5. The first kappa shape index (κ1) is 20.3. The van der Waals surface area contributed by atoms with E-state index >= 15 is 0 Å². The van der Waals surface area contributed by atoms with E-state index in [1.54, 1.807) is 28.6 Å². The van der Waals surface area contributed by atoms with Gasteiger partial charge < -0.3 is 15.8 Å². The minimum Gasteiger partial charge on any atom is -0.381 e. The van der Waals surface area contributed by atoms with Crippen molar-refractivity contribution in [3.8, 4) is 0 Å². The van der Waals surface area contributed by atoms with Gasteiger partial charge in [0.05, 0.1) is 10.9 Å². The minimum absolute atomic E-state index is 0.103. The fourth-order valence-corrected chi connectivity index (χ4v) is 5.47. The van der Waals surface area contributed by atoms with E-state index in [4.69, 9.17) is 10.5 Å². The third-order valence-corrected chi connectivity index (χ3v) is 7.43. The summed E-state index contributed by atoms with van der Waals surface area (Å²) in [7, 11) is -3.55. The molecule has 2 fully saturated rings. The van der Waals surface area contributed by atoms with Gasteiger partial charge in [-0.05, 0) is 43.2 Å². The van der Waals surface area contributed by atoms with E-state index in [2.05, 4.69) is 5.32 Å². The number of rotatable bonds is 6. The van der Waals surface area contributed by atoms with E-state index in [0.29, 0.717) is 31.9 Å². The van der Waals surface area contributed by atoms with Crippen molar-refractivity contribution < 1.29 is 17.9 Å². The SMILES string of the molecule is NC(C(=O)NCc1ccccc1S(=O)(=O)N1CCCCC1)C1CCOCC1. The molecule has 1 atom stereocenters. The van der Waals surface area contributed by atoms with E-state index in [1.807, 2.05) is 0 Å². The molecule has 8 heteroatoms. The Kier molecular flexibility index (Phi) is 6.86. The number of amides is 1. The van der Waals surface area contributed by atoms with Crippen LogP contribution in [-0.4, -0.2) is 51.0 Å². The predicted octanol–water partition coefficient (Wildman–Crippen LogP) is 1.23. The highest BCUT2D eigenvalue weighted by atomic mass is 32.2. The molecule has 27 heavy (non-hydrogen) atoms. The van der Waals surface area contributed by atoms with Crippen molar-refractivity contribution in [1.82, 2.24) is 9.62 Å². The highest BCUT2D eigenvalue weighted by Gasteiger charge is 2.29. The molecule has 1 aromatic rings. The summed E-state index contributed by atoms with van der Waals surface area (Å²) in [5, 5.41) is 2.82. The molecule has 7 nitrogen and oxygen atoms in total. The van der Waals surface area contributed by atoms with E-state index in [9.17, 15) is 13.2 Å². The van der Waals surface area contributed by atoms with Gasteiger partial charge in [0.25, 0.3) is 0 Å². The molecule has 0 aromatic heterocycles. The molecule has 2 aliphatic rings. The van der Waals surface area contributed by atoms with Gasteiger partial charge in [0.2, 0.25) is 15.9 Å². The number of hydrogen-bond donors (Lipinski definition) is 2. The zero-order chi connectivity index (χ0) is 19.3. The van der Waals surface area contributed by atoms with Gasteiger partial charge in [-0.3, -0.25) is 4.79 Å². The fourth-order valence-electron chi connectivity index (χ4n) is 3.74. The molecule has 0 saturated carbocycles. The molecule has 0 radical (unpaired) electrons. The lowest BCUT2D eigenvalue weighted by atomic mass is 9.92. The van der Waals surface area contributed by atoms with Crippen LogP contribution in [0.4, 0.5) is 0 Å². The quantitative estimate of drug-likeness (QED) is 0.754. The van der Waals surface area contributed by atoms with E-state index in [-0.39, 0.29) is 23.3 Å². The van der Waals surface area contributed by atoms with Crippen molar-refractivity contribution in [3.63, 3.8) is 0 Å². The Morgan fingerprint density at radius 1 is 1.19 bits per heavy atom. The first-order valence-electron chi connectivity index (χ1n) is 9.69. The van der Waals surface area contributed by atoms with Gasteiger partial charge >= 0.3 is 0 Å². The molecule has 0 spiro atoms. The molecule has 2 heterocycles. The number of carbonyl (C=O) groups excluding carboxylic acids is 1. The van der Waals surface area contributed by atoms with Gasteiger partial charge in [-0.1, -0.05) is 24.6 Å². The highest BCUT2D eigenvalue weighted by Crippen LogP contribution is 2.24. The maximum absolute atomic E-state index is 13.0. The Bertz CT molecular complexity index is 741. The van der Waals surface area contributed by atoms with Gasteiger partial charge in [-0.15, -0.1) is 0 Å². The van der Waals surface area contributed by atoms with Crippen LogP contribution < -0.4 is 11.1 Å². The zero-order valence-electron chi connectivity index (χ0n) is 15.6. The number of nitrogens with one attached hydrogen (secondary N) is 1. The monoisotopic (exact) mass is 395 g/mol. The number of ether oxygens (including phenoxy) is 1. The van der Waals surface area contributed by atoms with Crippen molar-refractivity contribution in [2.75, 3.05) is 26.3 Å². The van der Waals surface area contributed by atoms with Crippen molar-refractivity contribution >= 4 is 15.9 Å². The Hall–Kier alpha value is -1.48. The Labute approximate surface area is 161 Å². The minimum atomic E-state index is -3.55. The summed E-state index contributed by atoms with van der Waals surface area (Å²) in [4.78, 5) is 12.7. The van der Waals surface area contributed by atoms with Crippen molar-refractivity contribution in [3.05, 3.63) is 29.8 Å². The average Bonchev–Trinajstić information content (AvgIpc) is 2.73. The number of nitrogens with zero attached hydrogens (tertiary/aromatic N) is 1. The normalized spacial score (nSPS) is 20.9. The van der Waals surface area contributed by atoms with E-state index in [1.165, 1.54) is 0 Å². The third-order valence-electron chi connectivity index (χ3n) is 5.44. The topological polar surface area (TPSA) is 102 Å². The molecule has 0 aliphatic carbocycles. The van der Waals surface area contributed by atoms with Crippen molar-refractivity contribution in [2.45, 2.75) is 49.6 Å². The molecule has 0 bridgehead atoms. The molecule has 1 unspecified atom stereocenters. The van der Waals surface area contributed by atoms with Gasteiger partial charge in [0.1, 0.15) is 0 Å². The number of nitrogens with two attached hydrogens (primary N) is 1. The fraction of sp³-hybridized carbons (Fsp3) is 0.632. The maximum atomic E-state index is 13.0. The number of carbonyl (C=O) groups is 1. The van der Waals surface area contributed by atoms with Crippen LogP contribution in [0.5, 0.6) is 0 Å². The van der Waals surface area contributed by atoms with Crippen LogP contribution in [0, 0.1) is 5.92 Å².